The number of pyridine rings is 1. The van der Waals surface area contributed by atoms with Crippen LogP contribution in [0.3, 0.4) is 0 Å². The quantitative estimate of drug-likeness (QED) is 0.535. The number of imidazole rings is 1. The highest BCUT2D eigenvalue weighted by molar-refractivity contribution is 7.67. The van der Waals surface area contributed by atoms with Gasteiger partial charge in [-0.3, -0.25) is 4.98 Å². The van der Waals surface area contributed by atoms with E-state index in [4.69, 9.17) is 14.7 Å². The summed E-state index contributed by atoms with van der Waals surface area (Å²) in [6, 6.07) is 4.25. The minimum Gasteiger partial charge on any atom is -0.488 e. The third-order valence-electron chi connectivity index (χ3n) is 5.40. The van der Waals surface area contributed by atoms with Gasteiger partial charge in [-0.1, -0.05) is 12.7 Å². The average molecular weight is 394 g/mol. The van der Waals surface area contributed by atoms with E-state index in [0.29, 0.717) is 24.3 Å². The van der Waals surface area contributed by atoms with E-state index in [1.54, 1.807) is 6.08 Å². The molecule has 1 aliphatic rings. The molecular formula is C22H23N3O2S. The molecular weight excluding hydrogens is 370 g/mol. The number of nitrogens with zero attached hydrogens (tertiary/aromatic N) is 2. The highest BCUT2D eigenvalue weighted by Crippen LogP contribution is 2.40. The third kappa shape index (κ3) is 3.07. The van der Waals surface area contributed by atoms with Gasteiger partial charge in [0.2, 0.25) is 0 Å². The molecule has 3 aromatic rings. The largest absolute Gasteiger partial charge is 0.488 e. The zero-order valence-electron chi connectivity index (χ0n) is 16.3. The standard InChI is InChI=1S/C22H23N3O2S/c1-5-8-27-21-14(4)11-23-20-15(6-7-18(28-26)19(20)21)22-24-16-9-12(2)13(3)10-17(16)25-22/h5,9-11,15H,1,6-8H2,2-4H3,(H,24,25). The Morgan fingerprint density at radius 1 is 1.29 bits per heavy atom. The second-order valence-electron chi connectivity index (χ2n) is 7.30. The van der Waals surface area contributed by atoms with Crippen molar-refractivity contribution in [2.45, 2.75) is 39.5 Å². The Kier molecular flexibility index (Phi) is 4.89. The number of hydrogen-bond donors (Lipinski definition) is 1. The molecule has 0 bridgehead atoms. The van der Waals surface area contributed by atoms with Crippen molar-refractivity contribution in [3.05, 3.63) is 64.8 Å². The number of ether oxygens (including phenoxy) is 1. The molecule has 1 unspecified atom stereocenters. The normalized spacial score (nSPS) is 16.1. The maximum atomic E-state index is 11.8. The summed E-state index contributed by atoms with van der Waals surface area (Å²) in [5, 5.41) is 0. The van der Waals surface area contributed by atoms with Crippen LogP contribution >= 0.6 is 0 Å². The lowest BCUT2D eigenvalue weighted by atomic mass is 9.85. The lowest BCUT2D eigenvalue weighted by Gasteiger charge is -2.26. The van der Waals surface area contributed by atoms with Gasteiger partial charge in [-0.25, -0.2) is 9.19 Å². The second-order valence-corrected chi connectivity index (χ2v) is 7.96. The van der Waals surface area contributed by atoms with E-state index in [0.717, 1.165) is 50.7 Å². The summed E-state index contributed by atoms with van der Waals surface area (Å²) in [4.78, 5) is 13.8. The molecule has 2 aromatic heterocycles. The smallest absolute Gasteiger partial charge is 0.134 e. The first-order chi connectivity index (χ1) is 13.5. The van der Waals surface area contributed by atoms with Crippen LogP contribution in [0.1, 0.15) is 52.5 Å². The fraction of sp³-hybridized carbons (Fsp3) is 0.318. The SMILES string of the molecule is C=CCOc1c(C)cnc2c1C(=S=O)CCC2c1nc2cc(C)c(C)cc2[nH]1. The minimum absolute atomic E-state index is 0.00518. The third-order valence-corrected chi connectivity index (χ3v) is 6.01. The lowest BCUT2D eigenvalue weighted by molar-refractivity contribution is 0.358. The van der Waals surface area contributed by atoms with Crippen molar-refractivity contribution >= 4 is 27.2 Å². The Balaban J connectivity index is 1.88. The molecule has 0 amide bonds. The maximum Gasteiger partial charge on any atom is 0.134 e. The van der Waals surface area contributed by atoms with Gasteiger partial charge in [0.05, 0.1) is 44.3 Å². The molecule has 0 aliphatic heterocycles. The molecule has 0 radical (unpaired) electrons. The molecule has 1 atom stereocenters. The molecule has 6 heteroatoms. The number of aryl methyl sites for hydroxylation is 3. The molecule has 1 aromatic carbocycles. The topological polar surface area (TPSA) is 67.9 Å². The van der Waals surface area contributed by atoms with Gasteiger partial charge in [0.15, 0.2) is 0 Å². The van der Waals surface area contributed by atoms with Crippen LogP contribution in [0.25, 0.3) is 11.0 Å². The number of fused-ring (bicyclic) bond motifs is 2. The van der Waals surface area contributed by atoms with Crippen LogP contribution in [0.2, 0.25) is 0 Å². The van der Waals surface area contributed by atoms with Gasteiger partial charge in [0.1, 0.15) is 18.2 Å². The molecule has 1 aliphatic carbocycles. The zero-order valence-corrected chi connectivity index (χ0v) is 17.2. The highest BCUT2D eigenvalue weighted by atomic mass is 32.1. The second kappa shape index (κ2) is 7.36. The van der Waals surface area contributed by atoms with Gasteiger partial charge < -0.3 is 9.72 Å². The van der Waals surface area contributed by atoms with Crippen molar-refractivity contribution in [1.82, 2.24) is 15.0 Å². The average Bonchev–Trinajstić information content (AvgIpc) is 3.09. The summed E-state index contributed by atoms with van der Waals surface area (Å²) in [7, 11) is 0. The first kappa shape index (κ1) is 18.6. The zero-order chi connectivity index (χ0) is 19.8. The van der Waals surface area contributed by atoms with Gasteiger partial charge in [-0.15, -0.1) is 0 Å². The molecule has 1 N–H and O–H groups in total. The highest BCUT2D eigenvalue weighted by Gasteiger charge is 2.32. The van der Waals surface area contributed by atoms with Crippen LogP contribution in [-0.2, 0) is 11.3 Å². The van der Waals surface area contributed by atoms with Gasteiger partial charge in [-0.05, 0) is 56.9 Å². The number of nitrogens with one attached hydrogen (secondary N) is 1. The van der Waals surface area contributed by atoms with E-state index in [9.17, 15) is 4.21 Å². The Bertz CT molecular complexity index is 1100. The molecule has 0 saturated carbocycles. The summed E-state index contributed by atoms with van der Waals surface area (Å²) >= 11 is 0.541. The van der Waals surface area contributed by atoms with Crippen LogP contribution < -0.4 is 4.74 Å². The minimum atomic E-state index is 0.00518. The van der Waals surface area contributed by atoms with Gasteiger partial charge in [0, 0.05) is 11.8 Å². The summed E-state index contributed by atoms with van der Waals surface area (Å²) in [5.74, 6) is 1.63. The predicted molar refractivity (Wildman–Crippen MR) is 114 cm³/mol. The fourth-order valence-electron chi connectivity index (χ4n) is 3.81. The number of H-pyrrole nitrogens is 1. The van der Waals surface area contributed by atoms with Crippen LogP contribution in [0.4, 0.5) is 0 Å². The number of benzene rings is 1. The number of hydrogen-bond acceptors (Lipinski definition) is 4. The first-order valence-corrected chi connectivity index (χ1v) is 10.1. The Labute approximate surface area is 167 Å². The summed E-state index contributed by atoms with van der Waals surface area (Å²) in [6.45, 7) is 10.3. The summed E-state index contributed by atoms with van der Waals surface area (Å²) in [6.07, 6.45) is 5.02. The number of aromatic amines is 1. The lowest BCUT2D eigenvalue weighted by Crippen LogP contribution is -2.21. The molecule has 28 heavy (non-hydrogen) atoms. The van der Waals surface area contributed by atoms with E-state index >= 15 is 0 Å². The van der Waals surface area contributed by atoms with E-state index < -0.39 is 0 Å². The van der Waals surface area contributed by atoms with Crippen LogP contribution in [0.15, 0.2) is 31.0 Å². The van der Waals surface area contributed by atoms with Crippen molar-refractivity contribution in [3.8, 4) is 5.75 Å². The Morgan fingerprint density at radius 3 is 2.82 bits per heavy atom. The fourth-order valence-corrected chi connectivity index (χ4v) is 4.29. The van der Waals surface area contributed by atoms with Gasteiger partial charge in [0.25, 0.3) is 0 Å². The van der Waals surface area contributed by atoms with E-state index in [-0.39, 0.29) is 5.92 Å². The first-order valence-electron chi connectivity index (χ1n) is 9.39. The molecule has 0 spiro atoms. The maximum absolute atomic E-state index is 11.8. The van der Waals surface area contributed by atoms with E-state index in [1.807, 2.05) is 13.1 Å². The van der Waals surface area contributed by atoms with E-state index in [1.165, 1.54) is 11.1 Å². The molecule has 0 saturated heterocycles. The number of aromatic nitrogens is 3. The number of rotatable bonds is 4. The molecule has 5 nitrogen and oxygen atoms in total. The van der Waals surface area contributed by atoms with Gasteiger partial charge >= 0.3 is 0 Å². The van der Waals surface area contributed by atoms with Crippen molar-refractivity contribution < 1.29 is 8.95 Å². The predicted octanol–water partition coefficient (Wildman–Crippen LogP) is 4.11. The van der Waals surface area contributed by atoms with Gasteiger partial charge in [-0.2, -0.15) is 0 Å². The molecule has 2 heterocycles. The Hall–Kier alpha value is -2.73. The van der Waals surface area contributed by atoms with Crippen molar-refractivity contribution in [1.29, 1.82) is 0 Å². The molecule has 144 valence electrons. The van der Waals surface area contributed by atoms with E-state index in [2.05, 4.69) is 37.5 Å². The monoisotopic (exact) mass is 393 g/mol. The molecule has 0 fully saturated rings. The molecule has 4 rings (SSSR count). The summed E-state index contributed by atoms with van der Waals surface area (Å²) in [5.41, 5.74) is 7.07. The summed E-state index contributed by atoms with van der Waals surface area (Å²) < 4.78 is 17.7. The van der Waals surface area contributed by atoms with Crippen molar-refractivity contribution in [2.24, 2.45) is 0 Å². The van der Waals surface area contributed by atoms with Crippen molar-refractivity contribution in [3.63, 3.8) is 0 Å². The van der Waals surface area contributed by atoms with Crippen molar-refractivity contribution in [2.75, 3.05) is 6.61 Å². The van der Waals surface area contributed by atoms with Crippen LogP contribution in [0.5, 0.6) is 5.75 Å². The Morgan fingerprint density at radius 2 is 2.07 bits per heavy atom. The van der Waals surface area contributed by atoms with Crippen LogP contribution in [-0.4, -0.2) is 30.6 Å². The van der Waals surface area contributed by atoms with Crippen LogP contribution in [0, 0.1) is 20.8 Å².